The first-order valence-electron chi connectivity index (χ1n) is 5.47. The zero-order valence-corrected chi connectivity index (χ0v) is 10.2. The van der Waals surface area contributed by atoms with Crippen LogP contribution in [0.3, 0.4) is 0 Å². The summed E-state index contributed by atoms with van der Waals surface area (Å²) in [5.74, 6) is -1.41. The van der Waals surface area contributed by atoms with Crippen LogP contribution in [0.1, 0.15) is 29.1 Å². The molecule has 2 N–H and O–H groups in total. The molecule has 20 heavy (non-hydrogen) atoms. The van der Waals surface area contributed by atoms with Gasteiger partial charge in [-0.25, -0.2) is 0 Å². The number of rotatable bonds is 4. The van der Waals surface area contributed by atoms with E-state index in [1.54, 1.807) is 6.92 Å². The lowest BCUT2D eigenvalue weighted by Gasteiger charge is -2.09. The van der Waals surface area contributed by atoms with Gasteiger partial charge in [0.05, 0.1) is 11.0 Å². The van der Waals surface area contributed by atoms with E-state index in [4.69, 9.17) is 0 Å². The maximum Gasteiger partial charge on any atom is 0.304 e. The van der Waals surface area contributed by atoms with Crippen molar-refractivity contribution >= 4 is 11.6 Å². The van der Waals surface area contributed by atoms with Crippen molar-refractivity contribution in [3.63, 3.8) is 0 Å². The fourth-order valence-corrected chi connectivity index (χ4v) is 1.49. The molecule has 104 valence electrons. The van der Waals surface area contributed by atoms with E-state index in [-0.39, 0.29) is 11.4 Å². The quantitative estimate of drug-likeness (QED) is 0.628. The topological polar surface area (TPSA) is 127 Å². The highest BCUT2D eigenvalue weighted by Crippen LogP contribution is 2.18. The van der Waals surface area contributed by atoms with Crippen molar-refractivity contribution in [2.75, 3.05) is 0 Å². The van der Waals surface area contributed by atoms with Crippen LogP contribution in [-0.2, 0) is 0 Å². The predicted molar refractivity (Wildman–Crippen MR) is 63.1 cm³/mol. The van der Waals surface area contributed by atoms with Gasteiger partial charge in [-0.3, -0.25) is 14.9 Å². The van der Waals surface area contributed by atoms with E-state index in [9.17, 15) is 19.3 Å². The van der Waals surface area contributed by atoms with Crippen molar-refractivity contribution in [2.45, 2.75) is 13.0 Å². The molecule has 9 nitrogen and oxygen atoms in total. The summed E-state index contributed by atoms with van der Waals surface area (Å²) in [6.07, 6.45) is 0. The van der Waals surface area contributed by atoms with Gasteiger partial charge < -0.3 is 5.32 Å². The van der Waals surface area contributed by atoms with Gasteiger partial charge in [0.25, 0.3) is 5.91 Å². The van der Waals surface area contributed by atoms with Crippen molar-refractivity contribution in [1.82, 2.24) is 25.9 Å². The van der Waals surface area contributed by atoms with Crippen molar-refractivity contribution in [2.24, 2.45) is 0 Å². The molecule has 0 radical (unpaired) electrons. The third kappa shape index (κ3) is 2.74. The molecule has 1 atom stereocenters. The second-order valence-electron chi connectivity index (χ2n) is 3.89. The molecule has 0 bridgehead atoms. The average Bonchev–Trinajstić information content (AvgIpc) is 2.91. The number of hydrogen-bond donors (Lipinski definition) is 2. The lowest BCUT2D eigenvalue weighted by molar-refractivity contribution is -0.387. The monoisotopic (exact) mass is 280 g/mol. The number of nitro groups is 1. The van der Waals surface area contributed by atoms with Crippen LogP contribution in [0.2, 0.25) is 0 Å². The maximum atomic E-state index is 13.4. The number of aromatic nitrogens is 4. The lowest BCUT2D eigenvalue weighted by Crippen LogP contribution is -2.27. The molecule has 2 rings (SSSR count). The Morgan fingerprint density at radius 3 is 2.85 bits per heavy atom. The molecule has 0 saturated carbocycles. The molecular weight excluding hydrogens is 271 g/mol. The van der Waals surface area contributed by atoms with Crippen molar-refractivity contribution < 1.29 is 14.1 Å². The number of hydrogen-bond acceptors (Lipinski definition) is 6. The largest absolute Gasteiger partial charge is 0.342 e. The molecular formula is C10H9FN6O3. The zero-order chi connectivity index (χ0) is 14.7. The predicted octanol–water partition coefficient (Wildman–Crippen LogP) is 0.738. The van der Waals surface area contributed by atoms with Gasteiger partial charge in [-0.1, -0.05) is 5.21 Å². The summed E-state index contributed by atoms with van der Waals surface area (Å²) in [5.41, 5.74) is -0.726. The fourth-order valence-electron chi connectivity index (χ4n) is 1.49. The number of nitrogens with zero attached hydrogens (tertiary/aromatic N) is 4. The number of halogens is 1. The minimum Gasteiger partial charge on any atom is -0.342 e. The first kappa shape index (κ1) is 13.5. The zero-order valence-electron chi connectivity index (χ0n) is 10.2. The van der Waals surface area contributed by atoms with E-state index in [1.165, 1.54) is 6.07 Å². The number of nitrogens with one attached hydrogen (secondary N) is 2. The van der Waals surface area contributed by atoms with E-state index in [2.05, 4.69) is 25.9 Å². The molecule has 1 amide bonds. The van der Waals surface area contributed by atoms with Gasteiger partial charge in [-0.15, -0.1) is 10.2 Å². The van der Waals surface area contributed by atoms with Gasteiger partial charge in [0, 0.05) is 11.6 Å². The maximum absolute atomic E-state index is 13.4. The Hall–Kier alpha value is -2.91. The number of tetrazole rings is 1. The molecule has 10 heteroatoms. The van der Waals surface area contributed by atoms with E-state index in [0.29, 0.717) is 0 Å². The minimum absolute atomic E-state index is 0.0385. The second kappa shape index (κ2) is 5.38. The highest BCUT2D eigenvalue weighted by molar-refractivity contribution is 5.94. The minimum atomic E-state index is -1.07. The smallest absolute Gasteiger partial charge is 0.304 e. The Labute approximate surface area is 111 Å². The Morgan fingerprint density at radius 1 is 1.55 bits per heavy atom. The molecule has 0 aliphatic heterocycles. The van der Waals surface area contributed by atoms with Crippen LogP contribution in [0.5, 0.6) is 0 Å². The first-order valence-corrected chi connectivity index (χ1v) is 5.47. The first-order chi connectivity index (χ1) is 9.49. The number of carbonyl (C=O) groups excluding carboxylic acids is 1. The van der Waals surface area contributed by atoms with Gasteiger partial charge in [-0.05, 0) is 19.1 Å². The average molecular weight is 280 g/mol. The molecule has 0 saturated heterocycles. The molecule has 1 aromatic carbocycles. The standard InChI is InChI=1S/C10H9FN6O3/c1-5(9-13-15-16-14-9)12-10(18)6-2-3-8(17(19)20)7(11)4-6/h2-5H,1H3,(H,12,18)(H,13,14,15,16). The number of nitro benzene ring substituents is 1. The van der Waals surface area contributed by atoms with Crippen LogP contribution in [0.15, 0.2) is 18.2 Å². The third-order valence-electron chi connectivity index (χ3n) is 2.50. The van der Waals surface area contributed by atoms with E-state index in [1.807, 2.05) is 0 Å². The van der Waals surface area contributed by atoms with Crippen LogP contribution in [0.4, 0.5) is 10.1 Å². The van der Waals surface area contributed by atoms with E-state index in [0.717, 1.165) is 12.1 Å². The number of aromatic amines is 1. The Kier molecular flexibility index (Phi) is 3.64. The number of benzene rings is 1. The number of carbonyl (C=O) groups is 1. The van der Waals surface area contributed by atoms with Crippen molar-refractivity contribution in [3.8, 4) is 0 Å². The number of H-pyrrole nitrogens is 1. The van der Waals surface area contributed by atoms with Gasteiger partial charge in [0.15, 0.2) is 5.82 Å². The molecule has 0 fully saturated rings. The fraction of sp³-hybridized carbons (Fsp3) is 0.200. The van der Waals surface area contributed by atoms with Crippen molar-refractivity contribution in [1.29, 1.82) is 0 Å². The highest BCUT2D eigenvalue weighted by Gasteiger charge is 2.19. The summed E-state index contributed by atoms with van der Waals surface area (Å²) in [6.45, 7) is 1.62. The second-order valence-corrected chi connectivity index (χ2v) is 3.89. The summed E-state index contributed by atoms with van der Waals surface area (Å²) in [7, 11) is 0. The Balaban J connectivity index is 2.14. The molecule has 0 aliphatic rings. The molecule has 1 heterocycles. The van der Waals surface area contributed by atoms with Gasteiger partial charge in [0.1, 0.15) is 0 Å². The van der Waals surface area contributed by atoms with E-state index < -0.39 is 28.4 Å². The van der Waals surface area contributed by atoms with Crippen LogP contribution in [0, 0.1) is 15.9 Å². The van der Waals surface area contributed by atoms with E-state index >= 15 is 0 Å². The molecule has 1 aromatic heterocycles. The molecule has 0 spiro atoms. The van der Waals surface area contributed by atoms with Gasteiger partial charge in [0.2, 0.25) is 5.82 Å². The summed E-state index contributed by atoms with van der Waals surface area (Å²) in [5, 5.41) is 26.0. The summed E-state index contributed by atoms with van der Waals surface area (Å²) < 4.78 is 13.4. The van der Waals surface area contributed by atoms with Crippen LogP contribution >= 0.6 is 0 Å². The lowest BCUT2D eigenvalue weighted by atomic mass is 10.1. The SMILES string of the molecule is CC(NC(=O)c1ccc([N+](=O)[O-])c(F)c1)c1nn[nH]n1. The van der Waals surface area contributed by atoms with Crippen LogP contribution < -0.4 is 5.32 Å². The number of amides is 1. The molecule has 1 unspecified atom stereocenters. The highest BCUT2D eigenvalue weighted by atomic mass is 19.1. The molecule has 0 aliphatic carbocycles. The third-order valence-corrected chi connectivity index (χ3v) is 2.50. The van der Waals surface area contributed by atoms with Crippen LogP contribution in [-0.4, -0.2) is 31.5 Å². The van der Waals surface area contributed by atoms with Gasteiger partial charge in [-0.2, -0.15) is 9.60 Å². The normalized spacial score (nSPS) is 11.9. The van der Waals surface area contributed by atoms with Gasteiger partial charge >= 0.3 is 5.69 Å². The molecule has 2 aromatic rings. The Bertz CT molecular complexity index is 644. The van der Waals surface area contributed by atoms with Crippen molar-refractivity contribution in [3.05, 3.63) is 45.5 Å². The van der Waals surface area contributed by atoms with Crippen LogP contribution in [0.25, 0.3) is 0 Å². The summed E-state index contributed by atoms with van der Waals surface area (Å²) >= 11 is 0. The Morgan fingerprint density at radius 2 is 2.30 bits per heavy atom. The summed E-state index contributed by atoms with van der Waals surface area (Å²) in [4.78, 5) is 21.5. The summed E-state index contributed by atoms with van der Waals surface area (Å²) in [6, 6.07) is 2.36.